The van der Waals surface area contributed by atoms with Crippen molar-refractivity contribution in [3.05, 3.63) is 30.2 Å². The lowest BCUT2D eigenvalue weighted by Crippen LogP contribution is -2.29. The highest BCUT2D eigenvalue weighted by molar-refractivity contribution is 5.76. The maximum Gasteiger partial charge on any atom is 0.221 e. The van der Waals surface area contributed by atoms with Gasteiger partial charge in [-0.25, -0.2) is 0 Å². The van der Waals surface area contributed by atoms with Crippen LogP contribution in [-0.2, 0) is 11.2 Å². The SMILES string of the molecule is CCNCCC(=O)NCCc1nnc2ccccn12. The number of nitrogens with one attached hydrogen (secondary N) is 2. The van der Waals surface area contributed by atoms with E-state index < -0.39 is 0 Å². The summed E-state index contributed by atoms with van der Waals surface area (Å²) >= 11 is 0. The molecule has 19 heavy (non-hydrogen) atoms. The van der Waals surface area contributed by atoms with Gasteiger partial charge in [-0.3, -0.25) is 9.20 Å². The summed E-state index contributed by atoms with van der Waals surface area (Å²) in [5, 5.41) is 14.2. The van der Waals surface area contributed by atoms with Gasteiger partial charge in [0.2, 0.25) is 5.91 Å². The standard InChI is InChI=1S/C13H19N5O/c1-2-14-8-7-13(19)15-9-6-12-17-16-11-5-3-4-10-18(11)12/h3-5,10,14H,2,6-9H2,1H3,(H,15,19). The van der Waals surface area contributed by atoms with E-state index in [1.807, 2.05) is 35.7 Å². The molecule has 0 aliphatic carbocycles. The van der Waals surface area contributed by atoms with Crippen molar-refractivity contribution in [2.75, 3.05) is 19.6 Å². The molecule has 102 valence electrons. The van der Waals surface area contributed by atoms with E-state index in [0.717, 1.165) is 24.6 Å². The molecule has 2 aromatic rings. The molecule has 0 unspecified atom stereocenters. The second kappa shape index (κ2) is 6.84. The molecule has 6 heteroatoms. The van der Waals surface area contributed by atoms with Gasteiger partial charge in [-0.1, -0.05) is 13.0 Å². The Kier molecular flexibility index (Phi) is 4.85. The normalized spacial score (nSPS) is 10.8. The molecule has 0 bridgehead atoms. The number of rotatable bonds is 7. The predicted octanol–water partition coefficient (Wildman–Crippen LogP) is 0.388. The summed E-state index contributed by atoms with van der Waals surface area (Å²) in [7, 11) is 0. The van der Waals surface area contributed by atoms with E-state index in [4.69, 9.17) is 0 Å². The summed E-state index contributed by atoms with van der Waals surface area (Å²) in [6.07, 6.45) is 3.12. The summed E-state index contributed by atoms with van der Waals surface area (Å²) in [5.41, 5.74) is 0.830. The average molecular weight is 261 g/mol. The fourth-order valence-electron chi connectivity index (χ4n) is 1.84. The molecule has 6 nitrogen and oxygen atoms in total. The summed E-state index contributed by atoms with van der Waals surface area (Å²) in [4.78, 5) is 11.5. The third kappa shape index (κ3) is 3.75. The minimum Gasteiger partial charge on any atom is -0.356 e. The van der Waals surface area contributed by atoms with Crippen LogP contribution >= 0.6 is 0 Å². The Labute approximate surface area is 112 Å². The topological polar surface area (TPSA) is 71.3 Å². The number of amides is 1. The van der Waals surface area contributed by atoms with Crippen molar-refractivity contribution >= 4 is 11.6 Å². The lowest BCUT2D eigenvalue weighted by Gasteiger charge is -2.04. The molecule has 0 aliphatic heterocycles. The number of nitrogens with zero attached hydrogens (tertiary/aromatic N) is 3. The highest BCUT2D eigenvalue weighted by Crippen LogP contribution is 2.02. The number of hydrogen-bond donors (Lipinski definition) is 2. The van der Waals surface area contributed by atoms with Gasteiger partial charge in [0.15, 0.2) is 5.65 Å². The molecule has 1 amide bonds. The molecule has 0 aromatic carbocycles. The van der Waals surface area contributed by atoms with Gasteiger partial charge >= 0.3 is 0 Å². The summed E-state index contributed by atoms with van der Waals surface area (Å²) in [5.74, 6) is 0.928. The molecule has 0 radical (unpaired) electrons. The number of carbonyl (C=O) groups excluding carboxylic acids is 1. The van der Waals surface area contributed by atoms with Crippen LogP contribution in [-0.4, -0.2) is 40.1 Å². The Morgan fingerprint density at radius 3 is 3.05 bits per heavy atom. The zero-order chi connectivity index (χ0) is 13.5. The summed E-state index contributed by atoms with van der Waals surface area (Å²) in [6.45, 7) is 4.21. The van der Waals surface area contributed by atoms with Crippen LogP contribution < -0.4 is 10.6 Å². The molecular weight excluding hydrogens is 242 g/mol. The number of pyridine rings is 1. The number of hydrogen-bond acceptors (Lipinski definition) is 4. The Bertz CT molecular complexity index is 537. The Morgan fingerprint density at radius 1 is 1.32 bits per heavy atom. The van der Waals surface area contributed by atoms with E-state index in [1.165, 1.54) is 0 Å². The molecule has 0 fully saturated rings. The first-order valence-corrected chi connectivity index (χ1v) is 6.57. The van der Waals surface area contributed by atoms with Gasteiger partial charge in [0, 0.05) is 32.1 Å². The quantitative estimate of drug-likeness (QED) is 0.707. The summed E-state index contributed by atoms with van der Waals surface area (Å²) in [6, 6.07) is 5.77. The third-order valence-electron chi connectivity index (χ3n) is 2.83. The third-order valence-corrected chi connectivity index (χ3v) is 2.83. The lowest BCUT2D eigenvalue weighted by atomic mass is 10.3. The van der Waals surface area contributed by atoms with Crippen molar-refractivity contribution in [2.45, 2.75) is 19.8 Å². The van der Waals surface area contributed by atoms with Gasteiger partial charge in [0.05, 0.1) is 0 Å². The van der Waals surface area contributed by atoms with Crippen molar-refractivity contribution < 1.29 is 4.79 Å². The van der Waals surface area contributed by atoms with Gasteiger partial charge in [-0.15, -0.1) is 10.2 Å². The van der Waals surface area contributed by atoms with Crippen LogP contribution in [0.1, 0.15) is 19.2 Å². The first kappa shape index (κ1) is 13.5. The lowest BCUT2D eigenvalue weighted by molar-refractivity contribution is -0.120. The van der Waals surface area contributed by atoms with Crippen molar-refractivity contribution in [3.63, 3.8) is 0 Å². The highest BCUT2D eigenvalue weighted by Gasteiger charge is 2.05. The van der Waals surface area contributed by atoms with Gasteiger partial charge in [0.1, 0.15) is 5.82 Å². The Balaban J connectivity index is 1.78. The molecule has 0 aliphatic rings. The zero-order valence-electron chi connectivity index (χ0n) is 11.1. The minimum absolute atomic E-state index is 0.0646. The van der Waals surface area contributed by atoms with Crippen LogP contribution in [0.2, 0.25) is 0 Å². The van der Waals surface area contributed by atoms with E-state index >= 15 is 0 Å². The van der Waals surface area contributed by atoms with Gasteiger partial charge < -0.3 is 10.6 Å². The first-order chi connectivity index (χ1) is 9.31. The average Bonchev–Trinajstić information content (AvgIpc) is 2.83. The number of carbonyl (C=O) groups is 1. The second-order valence-corrected chi connectivity index (χ2v) is 4.25. The van der Waals surface area contributed by atoms with E-state index in [1.54, 1.807) is 0 Å². The first-order valence-electron chi connectivity index (χ1n) is 6.57. The van der Waals surface area contributed by atoms with Crippen molar-refractivity contribution in [1.82, 2.24) is 25.2 Å². The second-order valence-electron chi connectivity index (χ2n) is 4.25. The molecule has 0 spiro atoms. The molecule has 0 saturated heterocycles. The van der Waals surface area contributed by atoms with Gasteiger partial charge in [-0.05, 0) is 18.7 Å². The number of fused-ring (bicyclic) bond motifs is 1. The molecule has 0 atom stereocenters. The number of aromatic nitrogens is 3. The van der Waals surface area contributed by atoms with Crippen molar-refractivity contribution in [2.24, 2.45) is 0 Å². The molecule has 2 heterocycles. The van der Waals surface area contributed by atoms with Crippen molar-refractivity contribution in [3.8, 4) is 0 Å². The molecule has 2 aromatic heterocycles. The van der Waals surface area contributed by atoms with Gasteiger partial charge in [0.25, 0.3) is 0 Å². The Morgan fingerprint density at radius 2 is 2.21 bits per heavy atom. The van der Waals surface area contributed by atoms with Gasteiger partial charge in [-0.2, -0.15) is 0 Å². The zero-order valence-corrected chi connectivity index (χ0v) is 11.1. The fourth-order valence-corrected chi connectivity index (χ4v) is 1.84. The van der Waals surface area contributed by atoms with Crippen LogP contribution in [0.5, 0.6) is 0 Å². The van der Waals surface area contributed by atoms with Crippen LogP contribution in [0.15, 0.2) is 24.4 Å². The Hall–Kier alpha value is -1.95. The van der Waals surface area contributed by atoms with Crippen LogP contribution in [0.4, 0.5) is 0 Å². The van der Waals surface area contributed by atoms with E-state index in [0.29, 0.717) is 19.4 Å². The van der Waals surface area contributed by atoms with Crippen molar-refractivity contribution in [1.29, 1.82) is 0 Å². The smallest absolute Gasteiger partial charge is 0.221 e. The maximum absolute atomic E-state index is 11.5. The largest absolute Gasteiger partial charge is 0.356 e. The van der Waals surface area contributed by atoms with E-state index in [2.05, 4.69) is 20.8 Å². The van der Waals surface area contributed by atoms with Crippen LogP contribution in [0.25, 0.3) is 5.65 Å². The predicted molar refractivity (Wildman–Crippen MR) is 72.9 cm³/mol. The monoisotopic (exact) mass is 261 g/mol. The molecule has 2 N–H and O–H groups in total. The highest BCUT2D eigenvalue weighted by atomic mass is 16.1. The molecule has 2 rings (SSSR count). The molecular formula is C13H19N5O. The minimum atomic E-state index is 0.0646. The van der Waals surface area contributed by atoms with Crippen LogP contribution in [0.3, 0.4) is 0 Å². The molecule has 0 saturated carbocycles. The maximum atomic E-state index is 11.5. The summed E-state index contributed by atoms with van der Waals surface area (Å²) < 4.78 is 1.94. The van der Waals surface area contributed by atoms with Crippen LogP contribution in [0, 0.1) is 0 Å². The van der Waals surface area contributed by atoms with E-state index in [-0.39, 0.29) is 5.91 Å². The van der Waals surface area contributed by atoms with E-state index in [9.17, 15) is 4.79 Å². The fraction of sp³-hybridized carbons (Fsp3) is 0.462.